The summed E-state index contributed by atoms with van der Waals surface area (Å²) in [6.45, 7) is 7.56. The summed E-state index contributed by atoms with van der Waals surface area (Å²) in [5, 5.41) is 8.05. The van der Waals surface area contributed by atoms with E-state index in [-0.39, 0.29) is 0 Å². The van der Waals surface area contributed by atoms with Crippen LogP contribution in [-0.2, 0) is 13.0 Å². The van der Waals surface area contributed by atoms with Crippen LogP contribution in [0.2, 0.25) is 0 Å². The van der Waals surface area contributed by atoms with Gasteiger partial charge in [0.15, 0.2) is 0 Å². The predicted octanol–water partition coefficient (Wildman–Crippen LogP) is 2.91. The molecular formula is C13H22BrN3. The summed E-state index contributed by atoms with van der Waals surface area (Å²) in [5.74, 6) is 0.808. The van der Waals surface area contributed by atoms with Crippen molar-refractivity contribution in [3.05, 3.63) is 15.9 Å². The van der Waals surface area contributed by atoms with E-state index in [0.717, 1.165) is 24.6 Å². The molecule has 0 radical (unpaired) electrons. The van der Waals surface area contributed by atoms with Crippen molar-refractivity contribution in [1.29, 1.82) is 0 Å². The second kappa shape index (κ2) is 6.01. The molecule has 2 heterocycles. The number of rotatable bonds is 3. The minimum Gasteiger partial charge on any atom is -0.317 e. The Morgan fingerprint density at radius 3 is 3.00 bits per heavy atom. The molecule has 3 nitrogen and oxygen atoms in total. The first kappa shape index (κ1) is 13.1. The van der Waals surface area contributed by atoms with Gasteiger partial charge in [0.2, 0.25) is 0 Å². The van der Waals surface area contributed by atoms with Crippen LogP contribution >= 0.6 is 15.9 Å². The Bertz CT molecular complexity index is 365. The normalized spacial score (nSPS) is 21.5. The first-order valence-electron chi connectivity index (χ1n) is 6.64. The zero-order valence-corrected chi connectivity index (χ0v) is 12.4. The molecule has 0 spiro atoms. The summed E-state index contributed by atoms with van der Waals surface area (Å²) in [7, 11) is 0. The van der Waals surface area contributed by atoms with Crippen molar-refractivity contribution in [1.82, 2.24) is 15.1 Å². The Morgan fingerprint density at radius 2 is 2.24 bits per heavy atom. The number of halogens is 1. The van der Waals surface area contributed by atoms with Gasteiger partial charge in [0.1, 0.15) is 0 Å². The lowest BCUT2D eigenvalue weighted by Crippen LogP contribution is -2.15. The Balaban J connectivity index is 2.11. The van der Waals surface area contributed by atoms with Crippen LogP contribution < -0.4 is 5.32 Å². The highest BCUT2D eigenvalue weighted by atomic mass is 79.9. The second-order valence-corrected chi connectivity index (χ2v) is 5.71. The van der Waals surface area contributed by atoms with Crippen LogP contribution in [0.25, 0.3) is 0 Å². The monoisotopic (exact) mass is 299 g/mol. The maximum Gasteiger partial charge on any atom is 0.0738 e. The van der Waals surface area contributed by atoms with Crippen molar-refractivity contribution in [3.63, 3.8) is 0 Å². The zero-order chi connectivity index (χ0) is 12.3. The van der Waals surface area contributed by atoms with Crippen molar-refractivity contribution >= 4 is 15.9 Å². The Hall–Kier alpha value is -0.350. The van der Waals surface area contributed by atoms with Crippen LogP contribution in [0.1, 0.15) is 37.6 Å². The highest BCUT2D eigenvalue weighted by Gasteiger charge is 2.18. The molecule has 1 saturated heterocycles. The summed E-state index contributed by atoms with van der Waals surface area (Å²) < 4.78 is 3.37. The summed E-state index contributed by atoms with van der Waals surface area (Å²) >= 11 is 3.69. The van der Waals surface area contributed by atoms with Crippen molar-refractivity contribution in [2.45, 2.75) is 46.1 Å². The molecule has 96 valence electrons. The molecule has 4 heteroatoms. The fourth-order valence-electron chi connectivity index (χ4n) is 2.63. The largest absolute Gasteiger partial charge is 0.317 e. The molecule has 2 rings (SSSR count). The fraction of sp³-hybridized carbons (Fsp3) is 0.769. The lowest BCUT2D eigenvalue weighted by atomic mass is 9.95. The lowest BCUT2D eigenvalue weighted by Gasteiger charge is -2.14. The van der Waals surface area contributed by atoms with Crippen molar-refractivity contribution in [3.8, 4) is 0 Å². The highest BCUT2D eigenvalue weighted by molar-refractivity contribution is 9.10. The van der Waals surface area contributed by atoms with E-state index in [9.17, 15) is 0 Å². The summed E-state index contributed by atoms with van der Waals surface area (Å²) in [6, 6.07) is 0. The van der Waals surface area contributed by atoms with Gasteiger partial charge in [0.05, 0.1) is 15.9 Å². The molecule has 1 aliphatic heterocycles. The van der Waals surface area contributed by atoms with Gasteiger partial charge in [-0.25, -0.2) is 0 Å². The number of aryl methyl sites for hydroxylation is 2. The molecule has 0 aromatic carbocycles. The van der Waals surface area contributed by atoms with Crippen molar-refractivity contribution in [2.75, 3.05) is 13.1 Å². The van der Waals surface area contributed by atoms with Crippen LogP contribution in [0.3, 0.4) is 0 Å². The van der Waals surface area contributed by atoms with Gasteiger partial charge < -0.3 is 5.32 Å². The predicted molar refractivity (Wildman–Crippen MR) is 74.3 cm³/mol. The molecule has 1 unspecified atom stereocenters. The minimum absolute atomic E-state index is 0.808. The molecule has 1 atom stereocenters. The molecule has 1 fully saturated rings. The number of aromatic nitrogens is 2. The van der Waals surface area contributed by atoms with Crippen LogP contribution in [0.15, 0.2) is 4.47 Å². The van der Waals surface area contributed by atoms with Gasteiger partial charge in [-0.3, -0.25) is 4.68 Å². The molecule has 0 aliphatic carbocycles. The number of hydrogen-bond donors (Lipinski definition) is 1. The number of nitrogens with zero attached hydrogens (tertiary/aromatic N) is 2. The molecule has 1 aromatic rings. The van der Waals surface area contributed by atoms with E-state index in [0.29, 0.717) is 0 Å². The van der Waals surface area contributed by atoms with Crippen LogP contribution in [0, 0.1) is 12.8 Å². The van der Waals surface area contributed by atoms with E-state index in [1.54, 1.807) is 0 Å². The van der Waals surface area contributed by atoms with Crippen molar-refractivity contribution < 1.29 is 0 Å². The summed E-state index contributed by atoms with van der Waals surface area (Å²) in [4.78, 5) is 0. The average molecular weight is 300 g/mol. The Kier molecular flexibility index (Phi) is 4.62. The van der Waals surface area contributed by atoms with Gasteiger partial charge in [0, 0.05) is 6.54 Å². The molecule has 0 amide bonds. The number of hydrogen-bond acceptors (Lipinski definition) is 2. The van der Waals surface area contributed by atoms with Gasteiger partial charge in [-0.05, 0) is 74.5 Å². The van der Waals surface area contributed by atoms with E-state index >= 15 is 0 Å². The smallest absolute Gasteiger partial charge is 0.0738 e. The minimum atomic E-state index is 0.808. The molecule has 17 heavy (non-hydrogen) atoms. The third kappa shape index (κ3) is 3.10. The van der Waals surface area contributed by atoms with Crippen LogP contribution in [0.4, 0.5) is 0 Å². The van der Waals surface area contributed by atoms with Gasteiger partial charge in [-0.1, -0.05) is 0 Å². The van der Waals surface area contributed by atoms with E-state index in [4.69, 9.17) is 0 Å². The fourth-order valence-corrected chi connectivity index (χ4v) is 3.08. The van der Waals surface area contributed by atoms with Crippen LogP contribution in [-0.4, -0.2) is 22.9 Å². The third-order valence-electron chi connectivity index (χ3n) is 3.63. The maximum absolute atomic E-state index is 4.57. The molecular weight excluding hydrogens is 278 g/mol. The van der Waals surface area contributed by atoms with Gasteiger partial charge in [-0.15, -0.1) is 0 Å². The molecule has 1 aromatic heterocycles. The Labute approximate surface area is 112 Å². The Morgan fingerprint density at radius 1 is 1.41 bits per heavy atom. The van der Waals surface area contributed by atoms with Gasteiger partial charge >= 0.3 is 0 Å². The maximum atomic E-state index is 4.57. The first-order chi connectivity index (χ1) is 8.22. The molecule has 0 saturated carbocycles. The van der Waals surface area contributed by atoms with E-state index in [1.807, 2.05) is 0 Å². The highest BCUT2D eigenvalue weighted by Crippen LogP contribution is 2.26. The van der Waals surface area contributed by atoms with Gasteiger partial charge in [-0.2, -0.15) is 5.10 Å². The summed E-state index contributed by atoms with van der Waals surface area (Å²) in [6.07, 6.45) is 5.10. The molecule has 1 aliphatic rings. The van der Waals surface area contributed by atoms with E-state index in [1.165, 1.54) is 42.5 Å². The lowest BCUT2D eigenvalue weighted by molar-refractivity contribution is 0.448. The van der Waals surface area contributed by atoms with E-state index in [2.05, 4.69) is 44.9 Å². The first-order valence-corrected chi connectivity index (χ1v) is 7.44. The molecule has 1 N–H and O–H groups in total. The van der Waals surface area contributed by atoms with Crippen molar-refractivity contribution in [2.24, 2.45) is 5.92 Å². The second-order valence-electron chi connectivity index (χ2n) is 4.91. The quantitative estimate of drug-likeness (QED) is 0.930. The SMILES string of the molecule is CCn1nc(C)c(Br)c1CC1CCCNCC1. The topological polar surface area (TPSA) is 29.9 Å². The average Bonchev–Trinajstić information content (AvgIpc) is 2.54. The standard InChI is InChI=1S/C13H22BrN3/c1-3-17-12(13(14)10(2)16-17)9-11-5-4-7-15-8-6-11/h11,15H,3-9H2,1-2H3. The van der Waals surface area contributed by atoms with Gasteiger partial charge in [0.25, 0.3) is 0 Å². The van der Waals surface area contributed by atoms with Crippen LogP contribution in [0.5, 0.6) is 0 Å². The molecule has 0 bridgehead atoms. The number of nitrogens with one attached hydrogen (secondary N) is 1. The third-order valence-corrected chi connectivity index (χ3v) is 4.66. The summed E-state index contributed by atoms with van der Waals surface area (Å²) in [5.41, 5.74) is 2.51. The zero-order valence-electron chi connectivity index (χ0n) is 10.8. The van der Waals surface area contributed by atoms with E-state index < -0.39 is 0 Å².